The Morgan fingerprint density at radius 3 is 2.02 bits per heavy atom. The number of rotatable bonds is 11. The number of benzene rings is 4. The maximum atomic E-state index is 14.6. The maximum absolute atomic E-state index is 14.6. The lowest BCUT2D eigenvalue weighted by atomic mass is 10.00. The molecule has 0 aliphatic rings. The van der Waals surface area contributed by atoms with Crippen molar-refractivity contribution in [1.82, 2.24) is 10.2 Å². The van der Waals surface area contributed by atoms with Crippen LogP contribution in [0.1, 0.15) is 43.0 Å². The predicted molar refractivity (Wildman–Crippen MR) is 181 cm³/mol. The van der Waals surface area contributed by atoms with Gasteiger partial charge in [0.1, 0.15) is 12.6 Å². The summed E-state index contributed by atoms with van der Waals surface area (Å²) in [5.41, 5.74) is -0.0784. The molecule has 254 valence electrons. The number of hydrogen-bond acceptors (Lipinski definition) is 4. The summed E-state index contributed by atoms with van der Waals surface area (Å²) in [5.74, 6) is -1.28. The average molecular weight is 700 g/mol. The zero-order valence-corrected chi connectivity index (χ0v) is 28.5. The van der Waals surface area contributed by atoms with E-state index >= 15 is 0 Å². The van der Waals surface area contributed by atoms with E-state index in [0.29, 0.717) is 15.9 Å². The van der Waals surface area contributed by atoms with Crippen LogP contribution in [0.15, 0.2) is 108 Å². The van der Waals surface area contributed by atoms with Crippen molar-refractivity contribution in [2.45, 2.75) is 63.3 Å². The summed E-state index contributed by atoms with van der Waals surface area (Å²) >= 11 is 5.88. The molecular formula is C36H37ClF3N3O4S. The van der Waals surface area contributed by atoms with E-state index in [1.165, 1.54) is 29.2 Å². The number of sulfonamides is 1. The molecule has 0 fully saturated rings. The largest absolute Gasteiger partial charge is 0.417 e. The van der Waals surface area contributed by atoms with Crippen LogP contribution < -0.4 is 9.62 Å². The van der Waals surface area contributed by atoms with Gasteiger partial charge in [0.05, 0.1) is 21.2 Å². The van der Waals surface area contributed by atoms with Crippen LogP contribution in [0.3, 0.4) is 0 Å². The molecule has 4 aromatic carbocycles. The third-order valence-electron chi connectivity index (χ3n) is 7.52. The Morgan fingerprint density at radius 1 is 0.854 bits per heavy atom. The first-order valence-electron chi connectivity index (χ1n) is 15.1. The topological polar surface area (TPSA) is 86.8 Å². The minimum Gasteiger partial charge on any atom is -0.350 e. The van der Waals surface area contributed by atoms with Gasteiger partial charge in [-0.15, -0.1) is 0 Å². The van der Waals surface area contributed by atoms with E-state index in [4.69, 9.17) is 11.6 Å². The minimum atomic E-state index is -4.90. The van der Waals surface area contributed by atoms with Crippen LogP contribution in [0.2, 0.25) is 5.02 Å². The Bertz CT molecular complexity index is 1850. The second-order valence-electron chi connectivity index (χ2n) is 12.4. The smallest absolute Gasteiger partial charge is 0.350 e. The molecule has 0 radical (unpaired) electrons. The molecule has 0 aromatic heterocycles. The highest BCUT2D eigenvalue weighted by atomic mass is 35.5. The Hall–Kier alpha value is -4.35. The third-order valence-corrected chi connectivity index (χ3v) is 9.64. The van der Waals surface area contributed by atoms with Gasteiger partial charge >= 0.3 is 6.18 Å². The van der Waals surface area contributed by atoms with Crippen LogP contribution in [0.25, 0.3) is 0 Å². The number of amides is 2. The normalized spacial score (nSPS) is 12.7. The lowest BCUT2D eigenvalue weighted by molar-refractivity contribution is -0.140. The van der Waals surface area contributed by atoms with Crippen molar-refractivity contribution in [3.05, 3.63) is 130 Å². The molecule has 1 N–H and O–H groups in total. The van der Waals surface area contributed by atoms with Crippen molar-refractivity contribution < 1.29 is 31.2 Å². The Labute approximate surface area is 284 Å². The molecule has 48 heavy (non-hydrogen) atoms. The summed E-state index contributed by atoms with van der Waals surface area (Å²) in [5, 5.41) is 2.32. The number of nitrogens with one attached hydrogen (secondary N) is 1. The van der Waals surface area contributed by atoms with E-state index < -0.39 is 62.4 Å². The molecule has 0 spiro atoms. The van der Waals surface area contributed by atoms with Crippen molar-refractivity contribution >= 4 is 39.1 Å². The first-order chi connectivity index (χ1) is 22.5. The molecule has 0 aliphatic heterocycles. The Kier molecular flexibility index (Phi) is 11.3. The number of anilines is 1. The highest BCUT2D eigenvalue weighted by molar-refractivity contribution is 7.92. The summed E-state index contributed by atoms with van der Waals surface area (Å²) in [6.07, 6.45) is -4.81. The van der Waals surface area contributed by atoms with Crippen LogP contribution in [0.5, 0.6) is 0 Å². The van der Waals surface area contributed by atoms with Crippen LogP contribution in [0.4, 0.5) is 18.9 Å². The fourth-order valence-corrected chi connectivity index (χ4v) is 6.76. The van der Waals surface area contributed by atoms with Gasteiger partial charge in [0.15, 0.2) is 0 Å². The molecular weight excluding hydrogens is 663 g/mol. The van der Waals surface area contributed by atoms with E-state index in [0.717, 1.165) is 23.3 Å². The number of carbonyl (C=O) groups excluding carboxylic acids is 2. The van der Waals surface area contributed by atoms with Crippen LogP contribution >= 0.6 is 11.6 Å². The molecule has 1 atom stereocenters. The molecule has 2 amide bonds. The Balaban J connectivity index is 1.88. The van der Waals surface area contributed by atoms with Crippen molar-refractivity contribution in [2.24, 2.45) is 0 Å². The van der Waals surface area contributed by atoms with Crippen molar-refractivity contribution in [1.29, 1.82) is 0 Å². The zero-order chi connectivity index (χ0) is 35.3. The lowest BCUT2D eigenvalue weighted by Gasteiger charge is -2.35. The quantitative estimate of drug-likeness (QED) is 0.177. The minimum absolute atomic E-state index is 0.0752. The molecule has 0 saturated carbocycles. The van der Waals surface area contributed by atoms with Gasteiger partial charge in [0.2, 0.25) is 11.8 Å². The van der Waals surface area contributed by atoms with Gasteiger partial charge in [0.25, 0.3) is 10.0 Å². The van der Waals surface area contributed by atoms with Crippen LogP contribution in [-0.4, -0.2) is 43.3 Å². The number of halogens is 4. The van der Waals surface area contributed by atoms with Crippen LogP contribution in [0, 0.1) is 6.92 Å². The molecule has 4 rings (SSSR count). The number of carbonyl (C=O) groups is 2. The molecule has 1 unspecified atom stereocenters. The standard InChI is InChI=1S/C36H37ClF3N3O4S/c1-25-13-11-12-16-27(25)23-42(32(34(45)41-35(2,3)4)21-26-14-7-5-8-15-26)33(44)24-43(48(46,47)29-17-9-6-10-18-29)28-19-20-31(37)30(22-28)36(38,39)40/h5-20,22,32H,21,23-24H2,1-4H3,(H,41,45). The SMILES string of the molecule is Cc1ccccc1CN(C(=O)CN(c1ccc(Cl)c(C(F)(F)F)c1)S(=O)(=O)c1ccccc1)C(Cc1ccccc1)C(=O)NC(C)(C)C. The third kappa shape index (κ3) is 9.17. The molecule has 0 heterocycles. The highest BCUT2D eigenvalue weighted by Crippen LogP contribution is 2.38. The number of hydrogen-bond donors (Lipinski definition) is 1. The summed E-state index contributed by atoms with van der Waals surface area (Å²) in [4.78, 5) is 29.6. The van der Waals surface area contributed by atoms with Gasteiger partial charge in [-0.2, -0.15) is 13.2 Å². The summed E-state index contributed by atoms with van der Waals surface area (Å²) in [6.45, 7) is 6.25. The monoisotopic (exact) mass is 699 g/mol. The second-order valence-corrected chi connectivity index (χ2v) is 14.6. The molecule has 0 aliphatic carbocycles. The van der Waals surface area contributed by atoms with E-state index in [2.05, 4.69) is 5.32 Å². The van der Waals surface area contributed by atoms with Gasteiger partial charge in [-0.25, -0.2) is 8.42 Å². The molecule has 0 saturated heterocycles. The first-order valence-corrected chi connectivity index (χ1v) is 16.9. The van der Waals surface area contributed by atoms with E-state index in [1.807, 2.05) is 37.3 Å². The van der Waals surface area contributed by atoms with Gasteiger partial charge in [-0.1, -0.05) is 84.4 Å². The number of alkyl halides is 3. The lowest BCUT2D eigenvalue weighted by Crippen LogP contribution is -2.56. The zero-order valence-electron chi connectivity index (χ0n) is 27.0. The second kappa shape index (κ2) is 14.8. The predicted octanol–water partition coefficient (Wildman–Crippen LogP) is 7.42. The van der Waals surface area contributed by atoms with Gasteiger partial charge in [-0.05, 0) is 74.7 Å². The first kappa shape index (κ1) is 36.5. The summed E-state index contributed by atoms with van der Waals surface area (Å²) in [6, 6.07) is 24.9. The fourth-order valence-electron chi connectivity index (χ4n) is 5.11. The molecule has 4 aromatic rings. The number of aryl methyl sites for hydroxylation is 1. The molecule has 7 nitrogen and oxygen atoms in total. The van der Waals surface area contributed by atoms with Gasteiger partial charge < -0.3 is 10.2 Å². The average Bonchev–Trinajstić information content (AvgIpc) is 3.02. The fraction of sp³-hybridized carbons (Fsp3) is 0.278. The number of nitrogens with zero attached hydrogens (tertiary/aromatic N) is 2. The highest BCUT2D eigenvalue weighted by Gasteiger charge is 2.38. The van der Waals surface area contributed by atoms with E-state index in [1.54, 1.807) is 51.1 Å². The summed E-state index contributed by atoms with van der Waals surface area (Å²) < 4.78 is 70.7. The van der Waals surface area contributed by atoms with Crippen LogP contribution in [-0.2, 0) is 38.8 Å². The van der Waals surface area contributed by atoms with Gasteiger partial charge in [-0.3, -0.25) is 13.9 Å². The van der Waals surface area contributed by atoms with Crippen molar-refractivity contribution in [3.8, 4) is 0 Å². The van der Waals surface area contributed by atoms with Crippen molar-refractivity contribution in [3.63, 3.8) is 0 Å². The maximum Gasteiger partial charge on any atom is 0.417 e. The Morgan fingerprint density at radius 2 is 1.44 bits per heavy atom. The van der Waals surface area contributed by atoms with Crippen molar-refractivity contribution in [2.75, 3.05) is 10.8 Å². The molecule has 12 heteroatoms. The summed E-state index contributed by atoms with van der Waals surface area (Å²) in [7, 11) is -4.60. The van der Waals surface area contributed by atoms with Gasteiger partial charge in [0, 0.05) is 18.5 Å². The van der Waals surface area contributed by atoms with E-state index in [9.17, 15) is 31.2 Å². The molecule has 0 bridgehead atoms. The van der Waals surface area contributed by atoms with E-state index in [-0.39, 0.29) is 17.9 Å².